The number of carbonyl (C=O) groups is 1. The molecule has 0 bridgehead atoms. The minimum absolute atomic E-state index is 0.0124. The summed E-state index contributed by atoms with van der Waals surface area (Å²) in [6.45, 7) is 7.66. The molecule has 1 heterocycles. The molecular weight excluding hydrogens is 302 g/mol. The third-order valence-electron chi connectivity index (χ3n) is 4.04. The highest BCUT2D eigenvalue weighted by atomic mass is 16.3. The Balaban J connectivity index is 2.04. The Morgan fingerprint density at radius 1 is 0.917 bits per heavy atom. The number of nitrogens with one attached hydrogen (secondary N) is 1. The van der Waals surface area contributed by atoms with Crippen LogP contribution >= 0.6 is 0 Å². The molecule has 3 rings (SSSR count). The van der Waals surface area contributed by atoms with Crippen LogP contribution in [0.4, 0.5) is 5.69 Å². The predicted octanol–water partition coefficient (Wildman–Crippen LogP) is 4.28. The lowest BCUT2D eigenvalue weighted by Crippen LogP contribution is -2.16. The molecule has 0 radical (unpaired) electrons. The zero-order valence-electron chi connectivity index (χ0n) is 14.2. The molecule has 122 valence electrons. The van der Waals surface area contributed by atoms with Gasteiger partial charge in [-0.15, -0.1) is 0 Å². The van der Waals surface area contributed by atoms with Crippen LogP contribution in [0.15, 0.2) is 45.6 Å². The lowest BCUT2D eigenvalue weighted by molar-refractivity contribution is 0.0997. The summed E-state index contributed by atoms with van der Waals surface area (Å²) in [4.78, 5) is 24.9. The first-order valence-electron chi connectivity index (χ1n) is 7.79. The van der Waals surface area contributed by atoms with Gasteiger partial charge < -0.3 is 9.73 Å². The number of rotatable bonds is 2. The maximum Gasteiger partial charge on any atom is 0.291 e. The van der Waals surface area contributed by atoms with Gasteiger partial charge in [-0.05, 0) is 62.1 Å². The van der Waals surface area contributed by atoms with Crippen molar-refractivity contribution >= 4 is 22.6 Å². The summed E-state index contributed by atoms with van der Waals surface area (Å²) in [5, 5.41) is 3.33. The Morgan fingerprint density at radius 2 is 1.67 bits per heavy atom. The zero-order valence-corrected chi connectivity index (χ0v) is 14.2. The topological polar surface area (TPSA) is 59.3 Å². The highest BCUT2D eigenvalue weighted by Crippen LogP contribution is 2.21. The molecule has 0 aliphatic carbocycles. The minimum Gasteiger partial charge on any atom is -0.451 e. The summed E-state index contributed by atoms with van der Waals surface area (Å²) in [6.07, 6.45) is 0. The van der Waals surface area contributed by atoms with Crippen molar-refractivity contribution in [3.05, 3.63) is 74.6 Å². The monoisotopic (exact) mass is 321 g/mol. The highest BCUT2D eigenvalue weighted by Gasteiger charge is 2.15. The molecule has 0 saturated carbocycles. The van der Waals surface area contributed by atoms with Gasteiger partial charge in [0.05, 0.1) is 5.39 Å². The standard InChI is InChI=1S/C20H19NO3/c1-11-5-6-13(3)15(8-11)21-20(23)18-10-16(22)19-14(4)7-12(2)9-17(19)24-18/h5-10H,1-4H3,(H,21,23). The summed E-state index contributed by atoms with van der Waals surface area (Å²) < 4.78 is 5.70. The molecule has 0 spiro atoms. The van der Waals surface area contributed by atoms with Crippen LogP contribution in [0.5, 0.6) is 0 Å². The molecule has 0 aliphatic heterocycles. The largest absolute Gasteiger partial charge is 0.451 e. The molecule has 0 aliphatic rings. The van der Waals surface area contributed by atoms with Crippen LogP contribution in [-0.4, -0.2) is 5.91 Å². The van der Waals surface area contributed by atoms with Crippen molar-refractivity contribution in [2.24, 2.45) is 0 Å². The molecule has 4 heteroatoms. The molecule has 0 fully saturated rings. The number of hydrogen-bond donors (Lipinski definition) is 1. The van der Waals surface area contributed by atoms with Crippen LogP contribution in [-0.2, 0) is 0 Å². The van der Waals surface area contributed by atoms with Crippen LogP contribution in [0.1, 0.15) is 32.8 Å². The van der Waals surface area contributed by atoms with Crippen molar-refractivity contribution in [3.63, 3.8) is 0 Å². The van der Waals surface area contributed by atoms with Gasteiger partial charge in [-0.1, -0.05) is 18.2 Å². The van der Waals surface area contributed by atoms with Crippen molar-refractivity contribution in [3.8, 4) is 0 Å². The van der Waals surface area contributed by atoms with E-state index >= 15 is 0 Å². The third kappa shape index (κ3) is 2.95. The maximum atomic E-state index is 12.5. The fourth-order valence-electron chi connectivity index (χ4n) is 2.83. The van der Waals surface area contributed by atoms with Gasteiger partial charge in [-0.25, -0.2) is 0 Å². The van der Waals surface area contributed by atoms with E-state index in [2.05, 4.69) is 5.32 Å². The molecule has 0 saturated heterocycles. The number of aryl methyl sites for hydroxylation is 4. The van der Waals surface area contributed by atoms with Gasteiger partial charge in [-0.2, -0.15) is 0 Å². The summed E-state index contributed by atoms with van der Waals surface area (Å²) in [5.41, 5.74) is 4.76. The molecule has 0 unspecified atom stereocenters. The van der Waals surface area contributed by atoms with Gasteiger partial charge >= 0.3 is 0 Å². The third-order valence-corrected chi connectivity index (χ3v) is 4.04. The van der Waals surface area contributed by atoms with E-state index in [1.54, 1.807) is 6.07 Å². The molecule has 4 nitrogen and oxygen atoms in total. The zero-order chi connectivity index (χ0) is 17.4. The number of hydrogen-bond acceptors (Lipinski definition) is 3. The second kappa shape index (κ2) is 5.96. The van der Waals surface area contributed by atoms with Crippen molar-refractivity contribution in [2.75, 3.05) is 5.32 Å². The van der Waals surface area contributed by atoms with Crippen molar-refractivity contribution < 1.29 is 9.21 Å². The molecule has 2 aromatic carbocycles. The second-order valence-electron chi connectivity index (χ2n) is 6.20. The van der Waals surface area contributed by atoms with Crippen LogP contribution in [0, 0.1) is 27.7 Å². The van der Waals surface area contributed by atoms with E-state index in [1.165, 1.54) is 6.07 Å². The highest BCUT2D eigenvalue weighted by molar-refractivity contribution is 6.03. The maximum absolute atomic E-state index is 12.5. The number of benzene rings is 2. The quantitative estimate of drug-likeness (QED) is 0.766. The SMILES string of the molecule is Cc1ccc(C)c(NC(=O)c2cc(=O)c3c(C)cc(C)cc3o2)c1. The van der Waals surface area contributed by atoms with E-state index in [4.69, 9.17) is 4.42 Å². The van der Waals surface area contributed by atoms with Gasteiger partial charge in [-0.3, -0.25) is 9.59 Å². The minimum atomic E-state index is -0.429. The van der Waals surface area contributed by atoms with Crippen LogP contribution in [0.25, 0.3) is 11.0 Å². The van der Waals surface area contributed by atoms with Crippen molar-refractivity contribution in [1.29, 1.82) is 0 Å². The number of amides is 1. The lowest BCUT2D eigenvalue weighted by atomic mass is 10.1. The van der Waals surface area contributed by atoms with Gasteiger partial charge in [0.25, 0.3) is 5.91 Å². The van der Waals surface area contributed by atoms with Crippen LogP contribution in [0.2, 0.25) is 0 Å². The number of anilines is 1. The van der Waals surface area contributed by atoms with E-state index in [0.29, 0.717) is 16.7 Å². The smallest absolute Gasteiger partial charge is 0.291 e. The summed E-state index contributed by atoms with van der Waals surface area (Å²) in [5.74, 6) is -0.416. The summed E-state index contributed by atoms with van der Waals surface area (Å²) >= 11 is 0. The second-order valence-corrected chi connectivity index (χ2v) is 6.20. The molecular formula is C20H19NO3. The Kier molecular flexibility index (Phi) is 3.97. The van der Waals surface area contributed by atoms with Crippen molar-refractivity contribution in [2.45, 2.75) is 27.7 Å². The Bertz CT molecular complexity index is 1020. The molecule has 1 amide bonds. The lowest BCUT2D eigenvalue weighted by Gasteiger charge is -2.10. The van der Waals surface area contributed by atoms with Gasteiger partial charge in [0.2, 0.25) is 0 Å². The van der Waals surface area contributed by atoms with E-state index in [0.717, 1.165) is 22.3 Å². The molecule has 0 atom stereocenters. The first kappa shape index (κ1) is 16.0. The normalized spacial score (nSPS) is 10.8. The average molecular weight is 321 g/mol. The van der Waals surface area contributed by atoms with Crippen LogP contribution in [0.3, 0.4) is 0 Å². The van der Waals surface area contributed by atoms with E-state index in [1.807, 2.05) is 52.0 Å². The van der Waals surface area contributed by atoms with Crippen LogP contribution < -0.4 is 10.7 Å². The fraction of sp³-hybridized carbons (Fsp3) is 0.200. The Labute approximate surface area is 140 Å². The van der Waals surface area contributed by atoms with E-state index < -0.39 is 5.91 Å². The first-order valence-corrected chi connectivity index (χ1v) is 7.79. The first-order chi connectivity index (χ1) is 11.3. The van der Waals surface area contributed by atoms with Crippen molar-refractivity contribution in [1.82, 2.24) is 0 Å². The van der Waals surface area contributed by atoms with Gasteiger partial charge in [0.15, 0.2) is 11.2 Å². The van der Waals surface area contributed by atoms with Gasteiger partial charge in [0, 0.05) is 11.8 Å². The molecule has 24 heavy (non-hydrogen) atoms. The Morgan fingerprint density at radius 3 is 2.42 bits per heavy atom. The molecule has 3 aromatic rings. The Hall–Kier alpha value is -2.88. The fourth-order valence-corrected chi connectivity index (χ4v) is 2.83. The summed E-state index contributed by atoms with van der Waals surface area (Å²) in [6, 6.07) is 10.8. The average Bonchev–Trinajstić information content (AvgIpc) is 2.49. The number of fused-ring (bicyclic) bond motifs is 1. The molecule has 1 aromatic heterocycles. The number of carbonyl (C=O) groups excluding carboxylic acids is 1. The van der Waals surface area contributed by atoms with E-state index in [-0.39, 0.29) is 11.2 Å². The summed E-state index contributed by atoms with van der Waals surface area (Å²) in [7, 11) is 0. The molecule has 1 N–H and O–H groups in total. The van der Waals surface area contributed by atoms with Gasteiger partial charge in [0.1, 0.15) is 5.58 Å². The predicted molar refractivity (Wildman–Crippen MR) is 95.8 cm³/mol. The van der Waals surface area contributed by atoms with E-state index in [9.17, 15) is 9.59 Å².